The first-order chi connectivity index (χ1) is 13.2. The number of hydrogen-bond acceptors (Lipinski definition) is 2. The van der Waals surface area contributed by atoms with E-state index in [2.05, 4.69) is 44.2 Å². The van der Waals surface area contributed by atoms with Gasteiger partial charge in [-0.2, -0.15) is 0 Å². The number of aryl methyl sites for hydroxylation is 1. The normalized spacial score (nSPS) is 18.9. The summed E-state index contributed by atoms with van der Waals surface area (Å²) in [5.74, 6) is 0.974. The molecule has 0 saturated carbocycles. The third-order valence-electron chi connectivity index (χ3n) is 5.31. The van der Waals surface area contributed by atoms with Crippen molar-refractivity contribution < 1.29 is 9.47 Å². The van der Waals surface area contributed by atoms with Crippen molar-refractivity contribution in [1.29, 1.82) is 0 Å². The fraction of sp³-hybridized carbons (Fsp3) is 0.680. The summed E-state index contributed by atoms with van der Waals surface area (Å²) in [5, 5.41) is 0. The molecule has 0 amide bonds. The van der Waals surface area contributed by atoms with Gasteiger partial charge in [-0.25, -0.2) is 0 Å². The first kappa shape index (κ1) is 22.0. The molecule has 2 nitrogen and oxygen atoms in total. The Hall–Kier alpha value is -1.28. The van der Waals surface area contributed by atoms with E-state index in [4.69, 9.17) is 9.47 Å². The molecule has 1 saturated heterocycles. The molecule has 0 N–H and O–H groups in total. The maximum absolute atomic E-state index is 5.86. The van der Waals surface area contributed by atoms with Gasteiger partial charge in [0.15, 0.2) is 0 Å². The van der Waals surface area contributed by atoms with Gasteiger partial charge < -0.3 is 9.47 Å². The molecule has 0 aromatic heterocycles. The van der Waals surface area contributed by atoms with Crippen molar-refractivity contribution in [1.82, 2.24) is 0 Å². The van der Waals surface area contributed by atoms with Gasteiger partial charge in [0.05, 0.1) is 6.61 Å². The lowest BCUT2D eigenvalue weighted by molar-refractivity contribution is 0.202. The minimum atomic E-state index is -0.0431. The van der Waals surface area contributed by atoms with Crippen LogP contribution in [0.1, 0.15) is 90.0 Å². The molecule has 27 heavy (non-hydrogen) atoms. The smallest absolute Gasteiger partial charge is 0.123 e. The monoisotopic (exact) mass is 372 g/mol. The van der Waals surface area contributed by atoms with Crippen molar-refractivity contribution in [3.8, 4) is 5.75 Å². The molecule has 2 heteroatoms. The number of hydrogen-bond donors (Lipinski definition) is 0. The highest BCUT2D eigenvalue weighted by Gasteiger charge is 2.40. The van der Waals surface area contributed by atoms with E-state index in [1.54, 1.807) is 0 Å². The summed E-state index contributed by atoms with van der Waals surface area (Å²) in [4.78, 5) is 0. The van der Waals surface area contributed by atoms with E-state index in [-0.39, 0.29) is 5.60 Å². The number of unbranched alkanes of at least 4 members (excludes halogenated alkanes) is 9. The molecule has 152 valence electrons. The molecule has 0 bridgehead atoms. The average Bonchev–Trinajstić information content (AvgIpc) is 3.42. The van der Waals surface area contributed by atoms with Crippen molar-refractivity contribution in [3.05, 3.63) is 42.0 Å². The van der Waals surface area contributed by atoms with Crippen LogP contribution in [0.3, 0.4) is 0 Å². The molecule has 1 atom stereocenters. The molecular weight excluding hydrogens is 332 g/mol. The molecule has 1 aromatic carbocycles. The molecule has 1 aliphatic heterocycles. The fourth-order valence-electron chi connectivity index (χ4n) is 3.28. The molecule has 2 rings (SSSR count). The minimum Gasteiger partial charge on any atom is -0.490 e. The molecule has 1 aromatic rings. The third kappa shape index (κ3) is 10.6. The average molecular weight is 373 g/mol. The predicted molar refractivity (Wildman–Crippen MR) is 116 cm³/mol. The first-order valence-corrected chi connectivity index (χ1v) is 11.2. The Kier molecular flexibility index (Phi) is 10.6. The van der Waals surface area contributed by atoms with Gasteiger partial charge >= 0.3 is 0 Å². The zero-order valence-electron chi connectivity index (χ0n) is 17.7. The summed E-state index contributed by atoms with van der Waals surface area (Å²) in [6, 6.07) is 8.55. The van der Waals surface area contributed by atoms with Crippen molar-refractivity contribution in [3.63, 3.8) is 0 Å². The minimum absolute atomic E-state index is 0.0431. The second-order valence-corrected chi connectivity index (χ2v) is 8.30. The summed E-state index contributed by atoms with van der Waals surface area (Å²) in [6.45, 7) is 5.85. The van der Waals surface area contributed by atoms with Crippen LogP contribution in [-0.4, -0.2) is 18.8 Å². The van der Waals surface area contributed by atoms with E-state index in [0.29, 0.717) is 6.61 Å². The Bertz CT molecular complexity index is 531. The molecule has 1 fully saturated rings. The van der Waals surface area contributed by atoms with E-state index in [1.165, 1.54) is 76.2 Å². The second kappa shape index (κ2) is 13.0. The lowest BCUT2D eigenvalue weighted by atomic mass is 10.1. The maximum atomic E-state index is 5.86. The molecular formula is C25H40O2. The largest absolute Gasteiger partial charge is 0.490 e. The SMILES string of the molecule is CCCCCCCC/C=C/CCCCCc1cccc(OCC2(C)CO2)c1. The Labute approximate surface area is 167 Å². The number of ether oxygens (including phenoxy) is 2. The first-order valence-electron chi connectivity index (χ1n) is 11.2. The number of rotatable bonds is 16. The van der Waals surface area contributed by atoms with Crippen LogP contribution >= 0.6 is 0 Å². The van der Waals surface area contributed by atoms with Gasteiger partial charge in [-0.05, 0) is 63.1 Å². The van der Waals surface area contributed by atoms with Gasteiger partial charge in [-0.1, -0.05) is 69.7 Å². The highest BCUT2D eigenvalue weighted by atomic mass is 16.6. The summed E-state index contributed by atoms with van der Waals surface area (Å²) < 4.78 is 11.2. The van der Waals surface area contributed by atoms with Crippen LogP contribution in [0.5, 0.6) is 5.75 Å². The van der Waals surface area contributed by atoms with Crippen molar-refractivity contribution in [2.24, 2.45) is 0 Å². The second-order valence-electron chi connectivity index (χ2n) is 8.30. The van der Waals surface area contributed by atoms with Crippen LogP contribution < -0.4 is 4.74 Å². The van der Waals surface area contributed by atoms with Gasteiger partial charge in [-0.15, -0.1) is 0 Å². The lowest BCUT2D eigenvalue weighted by Crippen LogP contribution is -2.16. The van der Waals surface area contributed by atoms with Crippen LogP contribution in [0, 0.1) is 0 Å². The Morgan fingerprint density at radius 3 is 2.33 bits per heavy atom. The van der Waals surface area contributed by atoms with E-state index >= 15 is 0 Å². The predicted octanol–water partition coefficient (Wildman–Crippen LogP) is 7.26. The Morgan fingerprint density at radius 1 is 0.963 bits per heavy atom. The van der Waals surface area contributed by atoms with Gasteiger partial charge in [0.1, 0.15) is 18.0 Å². The van der Waals surface area contributed by atoms with E-state index in [9.17, 15) is 0 Å². The molecule has 1 heterocycles. The maximum Gasteiger partial charge on any atom is 0.123 e. The Morgan fingerprint density at radius 2 is 1.63 bits per heavy atom. The van der Waals surface area contributed by atoms with E-state index in [1.807, 2.05) is 6.07 Å². The van der Waals surface area contributed by atoms with Crippen molar-refractivity contribution in [2.45, 2.75) is 96.5 Å². The number of epoxide rings is 1. The zero-order chi connectivity index (χ0) is 19.2. The summed E-state index contributed by atoms with van der Waals surface area (Å²) in [7, 11) is 0. The van der Waals surface area contributed by atoms with Crippen molar-refractivity contribution >= 4 is 0 Å². The highest BCUT2D eigenvalue weighted by Crippen LogP contribution is 2.27. The molecule has 1 unspecified atom stereocenters. The standard InChI is InChI=1S/C25H40O2/c1-3-4-5-6-7-8-9-10-11-12-13-14-15-17-23-18-16-19-24(20-23)26-21-25(2)22-27-25/h10-11,16,18-20H,3-9,12-15,17,21-22H2,1-2H3/b11-10+. The summed E-state index contributed by atoms with van der Waals surface area (Å²) >= 11 is 0. The van der Waals surface area contributed by atoms with Crippen LogP contribution in [0.4, 0.5) is 0 Å². The molecule has 0 aliphatic carbocycles. The zero-order valence-corrected chi connectivity index (χ0v) is 17.7. The topological polar surface area (TPSA) is 21.8 Å². The molecule has 0 spiro atoms. The number of benzene rings is 1. The van der Waals surface area contributed by atoms with E-state index in [0.717, 1.165) is 18.8 Å². The quantitative estimate of drug-likeness (QED) is 0.173. The number of allylic oxidation sites excluding steroid dienone is 2. The van der Waals surface area contributed by atoms with Crippen LogP contribution in [0.2, 0.25) is 0 Å². The Balaban J connectivity index is 1.45. The third-order valence-corrected chi connectivity index (χ3v) is 5.31. The summed E-state index contributed by atoms with van der Waals surface area (Å²) in [6.07, 6.45) is 20.6. The van der Waals surface area contributed by atoms with E-state index < -0.39 is 0 Å². The highest BCUT2D eigenvalue weighted by molar-refractivity contribution is 5.28. The van der Waals surface area contributed by atoms with Gasteiger partial charge in [-0.3, -0.25) is 0 Å². The van der Waals surface area contributed by atoms with Crippen LogP contribution in [0.15, 0.2) is 36.4 Å². The fourth-order valence-corrected chi connectivity index (χ4v) is 3.28. The van der Waals surface area contributed by atoms with Crippen LogP contribution in [0.25, 0.3) is 0 Å². The van der Waals surface area contributed by atoms with Gasteiger partial charge in [0.2, 0.25) is 0 Å². The van der Waals surface area contributed by atoms with Gasteiger partial charge in [0, 0.05) is 0 Å². The molecule has 0 radical (unpaired) electrons. The molecule has 1 aliphatic rings. The summed E-state index contributed by atoms with van der Waals surface area (Å²) in [5.41, 5.74) is 1.34. The lowest BCUT2D eigenvalue weighted by Gasteiger charge is -2.10. The van der Waals surface area contributed by atoms with Gasteiger partial charge in [0.25, 0.3) is 0 Å². The van der Waals surface area contributed by atoms with Crippen molar-refractivity contribution in [2.75, 3.05) is 13.2 Å². The van der Waals surface area contributed by atoms with Crippen LogP contribution in [-0.2, 0) is 11.2 Å².